The summed E-state index contributed by atoms with van der Waals surface area (Å²) in [4.78, 5) is 30.0. The lowest BCUT2D eigenvalue weighted by molar-refractivity contribution is -0.137. The van der Waals surface area contributed by atoms with Gasteiger partial charge in [0.25, 0.3) is 5.91 Å². The minimum Gasteiger partial charge on any atom is -0.353 e. The van der Waals surface area contributed by atoms with Crippen LogP contribution in [0.1, 0.15) is 55.8 Å². The Labute approximate surface area is 159 Å². The van der Waals surface area contributed by atoms with Crippen LogP contribution in [-0.2, 0) is 9.53 Å². The first-order chi connectivity index (χ1) is 13.0. The minimum atomic E-state index is -0.795. The number of carbonyl (C=O) groups is 2. The van der Waals surface area contributed by atoms with Crippen molar-refractivity contribution >= 4 is 11.8 Å². The van der Waals surface area contributed by atoms with E-state index in [9.17, 15) is 14.0 Å². The number of nitrogens with zero attached hydrogens (tertiary/aromatic N) is 2. The maximum atomic E-state index is 14.4. The van der Waals surface area contributed by atoms with E-state index < -0.39 is 23.5 Å². The van der Waals surface area contributed by atoms with E-state index in [0.29, 0.717) is 18.8 Å². The highest BCUT2D eigenvalue weighted by molar-refractivity contribution is 5.98. The molecule has 27 heavy (non-hydrogen) atoms. The van der Waals surface area contributed by atoms with Crippen molar-refractivity contribution in [2.75, 3.05) is 19.7 Å². The molecule has 2 saturated heterocycles. The molecule has 0 N–H and O–H groups in total. The highest BCUT2D eigenvalue weighted by atomic mass is 19.1. The molecule has 146 valence electrons. The molecule has 4 rings (SSSR count). The Balaban J connectivity index is 1.70. The summed E-state index contributed by atoms with van der Waals surface area (Å²) in [5.41, 5.74) is -0.781. The molecule has 2 amide bonds. The number of ether oxygens (including phenoxy) is 1. The Kier molecular flexibility index (Phi) is 4.93. The van der Waals surface area contributed by atoms with Gasteiger partial charge in [0.15, 0.2) is 0 Å². The molecule has 0 aromatic heterocycles. The van der Waals surface area contributed by atoms with Crippen LogP contribution >= 0.6 is 0 Å². The second-order valence-corrected chi connectivity index (χ2v) is 8.16. The molecule has 5 nitrogen and oxygen atoms in total. The number of halogens is 1. The van der Waals surface area contributed by atoms with Gasteiger partial charge < -0.3 is 9.64 Å². The number of hydrogen-bond donors (Lipinski definition) is 0. The largest absolute Gasteiger partial charge is 0.353 e. The van der Waals surface area contributed by atoms with Gasteiger partial charge in [-0.25, -0.2) is 4.39 Å². The number of rotatable bonds is 2. The van der Waals surface area contributed by atoms with Crippen molar-refractivity contribution in [3.8, 4) is 0 Å². The fourth-order valence-electron chi connectivity index (χ4n) is 4.91. The molecular formula is C21H27FN2O3. The first-order valence-electron chi connectivity index (χ1n) is 10.0. The van der Waals surface area contributed by atoms with Crippen molar-refractivity contribution in [1.82, 2.24) is 9.80 Å². The van der Waals surface area contributed by atoms with Crippen molar-refractivity contribution < 1.29 is 18.7 Å². The van der Waals surface area contributed by atoms with Gasteiger partial charge in [0.1, 0.15) is 17.6 Å². The van der Waals surface area contributed by atoms with E-state index in [4.69, 9.17) is 4.74 Å². The van der Waals surface area contributed by atoms with Crippen LogP contribution in [0.25, 0.3) is 0 Å². The molecule has 1 saturated carbocycles. The van der Waals surface area contributed by atoms with Crippen LogP contribution in [0.5, 0.6) is 0 Å². The van der Waals surface area contributed by atoms with Crippen LogP contribution in [0.2, 0.25) is 0 Å². The van der Waals surface area contributed by atoms with Crippen LogP contribution < -0.4 is 0 Å². The Morgan fingerprint density at radius 3 is 2.63 bits per heavy atom. The zero-order chi connectivity index (χ0) is 19.0. The SMILES string of the molecule is C[C@@H]1CCC[C@]2(C1)OC[C@@H](C(=O)N1CCCC1)N2C(=O)c1ccccc1F. The number of carbonyl (C=O) groups excluding carboxylic acids is 2. The number of benzene rings is 1. The highest BCUT2D eigenvalue weighted by Crippen LogP contribution is 2.44. The van der Waals surface area contributed by atoms with E-state index >= 15 is 0 Å². The number of likely N-dealkylation sites (tertiary alicyclic amines) is 1. The van der Waals surface area contributed by atoms with E-state index in [0.717, 1.165) is 38.8 Å². The molecular weight excluding hydrogens is 347 g/mol. The molecule has 3 atom stereocenters. The van der Waals surface area contributed by atoms with Crippen LogP contribution in [-0.4, -0.2) is 53.1 Å². The fourth-order valence-corrected chi connectivity index (χ4v) is 4.91. The second-order valence-electron chi connectivity index (χ2n) is 8.16. The number of hydrogen-bond acceptors (Lipinski definition) is 3. The first kappa shape index (κ1) is 18.4. The fraction of sp³-hybridized carbons (Fsp3) is 0.619. The normalized spacial score (nSPS) is 30.9. The quantitative estimate of drug-likeness (QED) is 0.799. The predicted molar refractivity (Wildman–Crippen MR) is 98.5 cm³/mol. The van der Waals surface area contributed by atoms with Crippen LogP contribution in [0, 0.1) is 11.7 Å². The summed E-state index contributed by atoms with van der Waals surface area (Å²) in [6.45, 7) is 3.79. The van der Waals surface area contributed by atoms with E-state index in [1.54, 1.807) is 17.0 Å². The van der Waals surface area contributed by atoms with Crippen molar-refractivity contribution in [1.29, 1.82) is 0 Å². The smallest absolute Gasteiger partial charge is 0.259 e. The Morgan fingerprint density at radius 2 is 1.93 bits per heavy atom. The number of amides is 2. The Hall–Kier alpha value is -1.95. The molecule has 1 aromatic carbocycles. The van der Waals surface area contributed by atoms with Gasteiger partial charge in [0, 0.05) is 13.1 Å². The predicted octanol–water partition coefficient (Wildman–Crippen LogP) is 3.20. The summed E-state index contributed by atoms with van der Waals surface area (Å²) in [7, 11) is 0. The van der Waals surface area contributed by atoms with Gasteiger partial charge in [0.05, 0.1) is 12.2 Å². The highest BCUT2D eigenvalue weighted by Gasteiger charge is 2.55. The lowest BCUT2D eigenvalue weighted by atomic mass is 9.83. The summed E-state index contributed by atoms with van der Waals surface area (Å²) in [6.07, 6.45) is 5.38. The van der Waals surface area contributed by atoms with Crippen LogP contribution in [0.4, 0.5) is 4.39 Å². The molecule has 1 aromatic rings. The summed E-state index contributed by atoms with van der Waals surface area (Å²) in [5, 5.41) is 0. The maximum Gasteiger partial charge on any atom is 0.259 e. The average molecular weight is 374 g/mol. The summed E-state index contributed by atoms with van der Waals surface area (Å²) in [6, 6.07) is 5.34. The third-order valence-electron chi connectivity index (χ3n) is 6.22. The molecule has 1 aliphatic carbocycles. The Morgan fingerprint density at radius 1 is 1.19 bits per heavy atom. The lowest BCUT2D eigenvalue weighted by Gasteiger charge is -2.43. The van der Waals surface area contributed by atoms with E-state index in [1.807, 2.05) is 4.90 Å². The molecule has 6 heteroatoms. The van der Waals surface area contributed by atoms with E-state index in [1.165, 1.54) is 12.1 Å². The molecule has 0 radical (unpaired) electrons. The topological polar surface area (TPSA) is 49.9 Å². The van der Waals surface area contributed by atoms with Crippen molar-refractivity contribution in [2.24, 2.45) is 5.92 Å². The minimum absolute atomic E-state index is 0.0137. The zero-order valence-electron chi connectivity index (χ0n) is 15.8. The zero-order valence-corrected chi connectivity index (χ0v) is 15.8. The van der Waals surface area contributed by atoms with Gasteiger partial charge in [-0.3, -0.25) is 14.5 Å². The lowest BCUT2D eigenvalue weighted by Crippen LogP contribution is -2.57. The standard InChI is InChI=1S/C21H27FN2O3/c1-15-7-6-10-21(13-15)24(19(25)16-8-2-3-9-17(16)22)18(14-27-21)20(26)23-11-4-5-12-23/h2-3,8-9,15,18H,4-7,10-14H2,1H3/t15-,18+,21-/m1/s1. The van der Waals surface area contributed by atoms with Gasteiger partial charge in [-0.15, -0.1) is 0 Å². The first-order valence-corrected chi connectivity index (χ1v) is 10.0. The summed E-state index contributed by atoms with van der Waals surface area (Å²) >= 11 is 0. The summed E-state index contributed by atoms with van der Waals surface area (Å²) in [5.74, 6) is -0.652. The monoisotopic (exact) mass is 374 g/mol. The molecule has 3 aliphatic rings. The summed E-state index contributed by atoms with van der Waals surface area (Å²) < 4.78 is 20.5. The Bertz CT molecular complexity index is 734. The van der Waals surface area contributed by atoms with Crippen LogP contribution in [0.3, 0.4) is 0 Å². The molecule has 3 fully saturated rings. The van der Waals surface area contributed by atoms with Gasteiger partial charge in [-0.2, -0.15) is 0 Å². The van der Waals surface area contributed by atoms with Gasteiger partial charge in [-0.1, -0.05) is 25.5 Å². The van der Waals surface area contributed by atoms with E-state index in [2.05, 4.69) is 6.92 Å². The third kappa shape index (κ3) is 3.24. The molecule has 0 unspecified atom stereocenters. The molecule has 2 aliphatic heterocycles. The van der Waals surface area contributed by atoms with Crippen molar-refractivity contribution in [2.45, 2.75) is 57.2 Å². The molecule has 1 spiro atoms. The molecule has 2 heterocycles. The second kappa shape index (κ2) is 7.23. The average Bonchev–Trinajstić information content (AvgIpc) is 3.30. The van der Waals surface area contributed by atoms with Gasteiger partial charge >= 0.3 is 0 Å². The molecule has 0 bridgehead atoms. The van der Waals surface area contributed by atoms with Crippen molar-refractivity contribution in [3.63, 3.8) is 0 Å². The maximum absolute atomic E-state index is 14.4. The van der Waals surface area contributed by atoms with Crippen molar-refractivity contribution in [3.05, 3.63) is 35.6 Å². The van der Waals surface area contributed by atoms with Gasteiger partial charge in [0.2, 0.25) is 5.91 Å². The van der Waals surface area contributed by atoms with Crippen LogP contribution in [0.15, 0.2) is 24.3 Å². The van der Waals surface area contributed by atoms with E-state index in [-0.39, 0.29) is 18.1 Å². The third-order valence-corrected chi connectivity index (χ3v) is 6.22. The van der Waals surface area contributed by atoms with Gasteiger partial charge in [-0.05, 0) is 50.2 Å².